The first kappa shape index (κ1) is 13.7. The van der Waals surface area contributed by atoms with E-state index in [0.717, 1.165) is 5.52 Å². The molecule has 0 aliphatic heterocycles. The Bertz CT molecular complexity index is 1120. The maximum atomic E-state index is 10.7. The topological polar surface area (TPSA) is 125 Å². The summed E-state index contributed by atoms with van der Waals surface area (Å²) >= 11 is 0. The minimum Gasteiger partial charge on any atom is -0.325 e. The second-order valence-corrected chi connectivity index (χ2v) is 5.06. The van der Waals surface area contributed by atoms with E-state index >= 15 is 0 Å². The highest BCUT2D eigenvalue weighted by molar-refractivity contribution is 5.81. The third-order valence-electron chi connectivity index (χ3n) is 3.54. The lowest BCUT2D eigenvalue weighted by molar-refractivity contribution is -0.384. The third kappa shape index (κ3) is 2.19. The molecule has 0 bridgehead atoms. The van der Waals surface area contributed by atoms with E-state index in [1.807, 2.05) is 0 Å². The fraction of sp³-hybridized carbons (Fsp3) is 0. The van der Waals surface area contributed by atoms with Gasteiger partial charge in [0, 0.05) is 17.8 Å². The third-order valence-corrected chi connectivity index (χ3v) is 3.54. The Kier molecular flexibility index (Phi) is 2.89. The number of non-ortho nitro benzene ring substituents is 1. The number of aromatic amines is 1. The van der Waals surface area contributed by atoms with Gasteiger partial charge in [0.2, 0.25) is 5.95 Å². The number of benzene rings is 2. The van der Waals surface area contributed by atoms with Crippen LogP contribution in [0.15, 0.2) is 42.5 Å². The van der Waals surface area contributed by atoms with Crippen molar-refractivity contribution in [1.29, 1.82) is 5.26 Å². The van der Waals surface area contributed by atoms with Gasteiger partial charge in [-0.15, -0.1) is 0 Å². The number of H-pyrrole nitrogens is 1. The van der Waals surface area contributed by atoms with Crippen LogP contribution in [0.5, 0.6) is 0 Å². The van der Waals surface area contributed by atoms with Gasteiger partial charge in [-0.3, -0.25) is 15.2 Å². The molecule has 0 radical (unpaired) electrons. The number of nitrogens with one attached hydrogen (secondary N) is 2. The van der Waals surface area contributed by atoms with Gasteiger partial charge in [0.15, 0.2) is 0 Å². The Morgan fingerprint density at radius 1 is 1.21 bits per heavy atom. The van der Waals surface area contributed by atoms with Crippen molar-refractivity contribution in [2.75, 3.05) is 5.32 Å². The molecule has 0 fully saturated rings. The average Bonchev–Trinajstić information content (AvgIpc) is 3.11. The lowest BCUT2D eigenvalue weighted by atomic mass is 10.2. The first-order valence-electron chi connectivity index (χ1n) is 6.94. The largest absolute Gasteiger partial charge is 0.325 e. The van der Waals surface area contributed by atoms with Crippen molar-refractivity contribution in [1.82, 2.24) is 19.6 Å². The molecule has 0 aliphatic carbocycles. The van der Waals surface area contributed by atoms with Crippen molar-refractivity contribution in [2.45, 2.75) is 0 Å². The molecule has 0 saturated carbocycles. The molecule has 2 aromatic heterocycles. The molecule has 0 amide bonds. The molecule has 0 aliphatic rings. The van der Waals surface area contributed by atoms with Crippen LogP contribution in [0, 0.1) is 21.4 Å². The maximum absolute atomic E-state index is 10.7. The SMILES string of the molecule is N#Cc1ccc2c(c1)nc1nc(Nc3ccc([N+](=O)[O-])cc3)[nH]n12. The summed E-state index contributed by atoms with van der Waals surface area (Å²) in [5, 5.41) is 25.7. The van der Waals surface area contributed by atoms with Gasteiger partial charge >= 0.3 is 0 Å². The maximum Gasteiger partial charge on any atom is 0.269 e. The standard InChI is InChI=1S/C15H9N7O2/c16-8-9-1-6-13-12(7-9)18-15-19-14(20-21(13)15)17-10-2-4-11(5-3-10)22(23)24/h1-7H,(H2,17,18,19,20). The fourth-order valence-electron chi connectivity index (χ4n) is 2.41. The van der Waals surface area contributed by atoms with Gasteiger partial charge in [0.05, 0.1) is 27.6 Å². The molecule has 116 valence electrons. The Labute approximate surface area is 134 Å². The van der Waals surface area contributed by atoms with Crippen molar-refractivity contribution >= 4 is 34.1 Å². The smallest absolute Gasteiger partial charge is 0.269 e. The summed E-state index contributed by atoms with van der Waals surface area (Å²) in [6.07, 6.45) is 0. The highest BCUT2D eigenvalue weighted by Crippen LogP contribution is 2.21. The minimum atomic E-state index is -0.452. The van der Waals surface area contributed by atoms with Crippen LogP contribution in [0.4, 0.5) is 17.3 Å². The van der Waals surface area contributed by atoms with Crippen molar-refractivity contribution in [3.63, 3.8) is 0 Å². The Morgan fingerprint density at radius 3 is 2.71 bits per heavy atom. The number of fused-ring (bicyclic) bond motifs is 3. The fourth-order valence-corrected chi connectivity index (χ4v) is 2.41. The summed E-state index contributed by atoms with van der Waals surface area (Å²) in [5.74, 6) is 0.919. The molecule has 0 saturated heterocycles. The van der Waals surface area contributed by atoms with E-state index in [2.05, 4.69) is 26.5 Å². The molecule has 9 nitrogen and oxygen atoms in total. The molecule has 24 heavy (non-hydrogen) atoms. The number of imidazole rings is 1. The van der Waals surface area contributed by atoms with Crippen LogP contribution >= 0.6 is 0 Å². The predicted octanol–water partition coefficient (Wildman–Crippen LogP) is 2.73. The molecule has 0 atom stereocenters. The number of hydrogen-bond acceptors (Lipinski definition) is 6. The van der Waals surface area contributed by atoms with E-state index in [1.54, 1.807) is 34.8 Å². The summed E-state index contributed by atoms with van der Waals surface area (Å²) in [6.45, 7) is 0. The highest BCUT2D eigenvalue weighted by Gasteiger charge is 2.11. The van der Waals surface area contributed by atoms with Gasteiger partial charge < -0.3 is 5.32 Å². The monoisotopic (exact) mass is 319 g/mol. The van der Waals surface area contributed by atoms with Crippen molar-refractivity contribution in [3.05, 3.63) is 58.1 Å². The summed E-state index contributed by atoms with van der Waals surface area (Å²) < 4.78 is 1.70. The van der Waals surface area contributed by atoms with Crippen LogP contribution in [-0.2, 0) is 0 Å². The quantitative estimate of drug-likeness (QED) is 0.442. The van der Waals surface area contributed by atoms with Gasteiger partial charge in [-0.05, 0) is 30.3 Å². The van der Waals surface area contributed by atoms with Gasteiger partial charge in [0.25, 0.3) is 11.5 Å². The number of rotatable bonds is 3. The second kappa shape index (κ2) is 5.06. The minimum absolute atomic E-state index is 0.0223. The number of nitrogens with zero attached hydrogens (tertiary/aromatic N) is 5. The zero-order valence-corrected chi connectivity index (χ0v) is 12.1. The zero-order valence-electron chi connectivity index (χ0n) is 12.1. The highest BCUT2D eigenvalue weighted by atomic mass is 16.6. The number of nitro benzene ring substituents is 1. The van der Waals surface area contributed by atoms with Gasteiger partial charge in [-0.25, -0.2) is 9.50 Å². The van der Waals surface area contributed by atoms with Crippen molar-refractivity contribution in [3.8, 4) is 6.07 Å². The average molecular weight is 319 g/mol. The van der Waals surface area contributed by atoms with E-state index in [0.29, 0.717) is 28.5 Å². The molecule has 0 unspecified atom stereocenters. The molecule has 4 rings (SSSR count). The predicted molar refractivity (Wildman–Crippen MR) is 85.9 cm³/mol. The first-order valence-corrected chi connectivity index (χ1v) is 6.94. The van der Waals surface area contributed by atoms with E-state index in [-0.39, 0.29) is 5.69 Å². The molecular formula is C15H9N7O2. The van der Waals surface area contributed by atoms with Crippen LogP contribution in [0.2, 0.25) is 0 Å². The summed E-state index contributed by atoms with van der Waals surface area (Å²) in [6, 6.07) is 13.3. The lowest BCUT2D eigenvalue weighted by Gasteiger charge is -2.01. The molecule has 0 spiro atoms. The summed E-state index contributed by atoms with van der Waals surface area (Å²) in [4.78, 5) is 18.9. The van der Waals surface area contributed by atoms with Gasteiger partial charge in [-0.1, -0.05) is 0 Å². The number of nitriles is 1. The number of aromatic nitrogens is 4. The van der Waals surface area contributed by atoms with E-state index < -0.39 is 4.92 Å². The molecule has 9 heteroatoms. The van der Waals surface area contributed by atoms with E-state index in [1.165, 1.54) is 12.1 Å². The van der Waals surface area contributed by atoms with E-state index in [4.69, 9.17) is 5.26 Å². The van der Waals surface area contributed by atoms with Crippen LogP contribution < -0.4 is 5.32 Å². The van der Waals surface area contributed by atoms with Crippen LogP contribution in [0.3, 0.4) is 0 Å². The first-order chi connectivity index (χ1) is 11.6. The van der Waals surface area contributed by atoms with Crippen LogP contribution in [0.25, 0.3) is 16.8 Å². The Balaban J connectivity index is 1.68. The Morgan fingerprint density at radius 2 is 2.00 bits per heavy atom. The van der Waals surface area contributed by atoms with Gasteiger partial charge in [0.1, 0.15) is 0 Å². The number of hydrogen-bond donors (Lipinski definition) is 2. The van der Waals surface area contributed by atoms with Crippen LogP contribution in [-0.4, -0.2) is 24.5 Å². The Hall–Kier alpha value is -3.93. The summed E-state index contributed by atoms with van der Waals surface area (Å²) in [5.41, 5.74) is 2.69. The van der Waals surface area contributed by atoms with Gasteiger partial charge in [-0.2, -0.15) is 10.2 Å². The molecular weight excluding hydrogens is 310 g/mol. The summed E-state index contributed by atoms with van der Waals surface area (Å²) in [7, 11) is 0. The molecule has 2 heterocycles. The molecule has 2 aromatic carbocycles. The lowest BCUT2D eigenvalue weighted by Crippen LogP contribution is -1.94. The second-order valence-electron chi connectivity index (χ2n) is 5.06. The van der Waals surface area contributed by atoms with Crippen LogP contribution in [0.1, 0.15) is 5.56 Å². The molecule has 2 N–H and O–H groups in total. The molecule has 4 aromatic rings. The zero-order chi connectivity index (χ0) is 16.7. The normalized spacial score (nSPS) is 10.8. The van der Waals surface area contributed by atoms with Crippen molar-refractivity contribution < 1.29 is 4.92 Å². The van der Waals surface area contributed by atoms with E-state index in [9.17, 15) is 10.1 Å². The number of nitro groups is 1. The van der Waals surface area contributed by atoms with Crippen molar-refractivity contribution in [2.24, 2.45) is 0 Å². The number of anilines is 2.